The van der Waals surface area contributed by atoms with E-state index in [-0.39, 0.29) is 5.60 Å². The van der Waals surface area contributed by atoms with E-state index in [1.54, 1.807) is 0 Å². The van der Waals surface area contributed by atoms with E-state index < -0.39 is 0 Å². The van der Waals surface area contributed by atoms with Crippen LogP contribution in [0.4, 0.5) is 0 Å². The first kappa shape index (κ1) is 14.1. The zero-order valence-electron chi connectivity index (χ0n) is 12.4. The van der Waals surface area contributed by atoms with Gasteiger partial charge in [-0.25, -0.2) is 0 Å². The normalized spacial score (nSPS) is 31.7. The number of ether oxygens (including phenoxy) is 1. The molecule has 3 atom stereocenters. The van der Waals surface area contributed by atoms with Crippen molar-refractivity contribution in [2.45, 2.75) is 54.6 Å². The monoisotopic (exact) mass is 304 g/mol. The average Bonchev–Trinajstić information content (AvgIpc) is 2.91. The molecule has 3 nitrogen and oxygen atoms in total. The maximum Gasteiger partial charge on any atom is 0.0685 e. The van der Waals surface area contributed by atoms with Crippen LogP contribution in [0.5, 0.6) is 0 Å². The molecule has 4 rings (SSSR count). The summed E-state index contributed by atoms with van der Waals surface area (Å²) in [6.07, 6.45) is 6.15. The van der Waals surface area contributed by atoms with Crippen molar-refractivity contribution >= 4 is 11.8 Å². The van der Waals surface area contributed by atoms with E-state index in [2.05, 4.69) is 29.7 Å². The maximum atomic E-state index is 6.08. The highest BCUT2D eigenvalue weighted by Gasteiger charge is 2.46. The predicted molar refractivity (Wildman–Crippen MR) is 86.3 cm³/mol. The summed E-state index contributed by atoms with van der Waals surface area (Å²) in [5.74, 6) is 8.32. The van der Waals surface area contributed by atoms with Gasteiger partial charge in [-0.1, -0.05) is 18.2 Å². The molecule has 3 aliphatic rings. The fourth-order valence-corrected chi connectivity index (χ4v) is 5.66. The molecule has 3 unspecified atom stereocenters. The van der Waals surface area contributed by atoms with Gasteiger partial charge in [0.1, 0.15) is 0 Å². The minimum absolute atomic E-state index is 0.198. The number of thioether (sulfide) groups is 1. The van der Waals surface area contributed by atoms with Gasteiger partial charge in [-0.2, -0.15) is 0 Å². The Morgan fingerprint density at radius 2 is 2.19 bits per heavy atom. The molecule has 0 bridgehead atoms. The van der Waals surface area contributed by atoms with Crippen LogP contribution in [0.2, 0.25) is 0 Å². The smallest absolute Gasteiger partial charge is 0.0685 e. The first-order valence-corrected chi connectivity index (χ1v) is 9.12. The quantitative estimate of drug-likeness (QED) is 0.665. The van der Waals surface area contributed by atoms with E-state index in [1.807, 2.05) is 11.8 Å². The van der Waals surface area contributed by atoms with Crippen LogP contribution in [0, 0.1) is 5.92 Å². The van der Waals surface area contributed by atoms with Crippen molar-refractivity contribution in [1.82, 2.24) is 5.43 Å². The third-order valence-corrected chi connectivity index (χ3v) is 6.88. The zero-order valence-corrected chi connectivity index (χ0v) is 13.2. The Morgan fingerprint density at radius 3 is 2.95 bits per heavy atom. The number of nitrogens with one attached hydrogen (secondary N) is 1. The summed E-state index contributed by atoms with van der Waals surface area (Å²) in [4.78, 5) is 1.44. The van der Waals surface area contributed by atoms with Gasteiger partial charge in [0, 0.05) is 29.2 Å². The molecule has 1 spiro atoms. The lowest BCUT2D eigenvalue weighted by Gasteiger charge is -2.49. The van der Waals surface area contributed by atoms with Crippen LogP contribution in [-0.4, -0.2) is 24.0 Å². The van der Waals surface area contributed by atoms with Crippen molar-refractivity contribution < 1.29 is 4.74 Å². The zero-order chi connectivity index (χ0) is 14.3. The summed E-state index contributed by atoms with van der Waals surface area (Å²) in [5, 5.41) is 0. The molecule has 1 aromatic rings. The third kappa shape index (κ3) is 2.42. The molecule has 3 N–H and O–H groups in total. The van der Waals surface area contributed by atoms with Crippen molar-refractivity contribution in [3.05, 3.63) is 29.8 Å². The second kappa shape index (κ2) is 5.58. The lowest BCUT2D eigenvalue weighted by Crippen LogP contribution is -2.53. The highest BCUT2D eigenvalue weighted by atomic mass is 32.2. The summed E-state index contributed by atoms with van der Waals surface area (Å²) in [7, 11) is 0. The van der Waals surface area contributed by atoms with E-state index in [9.17, 15) is 0 Å². The van der Waals surface area contributed by atoms with Gasteiger partial charge in [-0.05, 0) is 49.7 Å². The highest BCUT2D eigenvalue weighted by molar-refractivity contribution is 7.99. The van der Waals surface area contributed by atoms with E-state index in [0.717, 1.165) is 18.8 Å². The summed E-state index contributed by atoms with van der Waals surface area (Å²) in [6.45, 7) is 0.907. The van der Waals surface area contributed by atoms with Gasteiger partial charge in [0.25, 0.3) is 0 Å². The second-order valence-corrected chi connectivity index (χ2v) is 7.85. The summed E-state index contributed by atoms with van der Waals surface area (Å²) >= 11 is 1.98. The molecule has 2 aliphatic heterocycles. The third-order valence-electron chi connectivity index (χ3n) is 5.67. The van der Waals surface area contributed by atoms with Crippen molar-refractivity contribution in [3.63, 3.8) is 0 Å². The minimum atomic E-state index is 0.198. The molecule has 0 radical (unpaired) electrons. The second-order valence-electron chi connectivity index (χ2n) is 6.79. The minimum Gasteiger partial charge on any atom is -0.375 e. The molecule has 114 valence electrons. The molecule has 0 amide bonds. The Bertz CT molecular complexity index is 517. The Balaban J connectivity index is 1.55. The van der Waals surface area contributed by atoms with E-state index in [0.29, 0.717) is 17.9 Å². The van der Waals surface area contributed by atoms with Crippen molar-refractivity contribution in [2.24, 2.45) is 11.8 Å². The van der Waals surface area contributed by atoms with Crippen LogP contribution in [0.25, 0.3) is 0 Å². The summed E-state index contributed by atoms with van der Waals surface area (Å²) in [5.41, 5.74) is 4.86. The number of hydrogen-bond donors (Lipinski definition) is 2. The van der Waals surface area contributed by atoms with Gasteiger partial charge in [-0.15, -0.1) is 11.8 Å². The number of hydrogen-bond acceptors (Lipinski definition) is 4. The average molecular weight is 304 g/mol. The van der Waals surface area contributed by atoms with E-state index >= 15 is 0 Å². The van der Waals surface area contributed by atoms with Crippen LogP contribution in [0.15, 0.2) is 29.2 Å². The molecule has 1 saturated heterocycles. The molecule has 21 heavy (non-hydrogen) atoms. The first-order chi connectivity index (χ1) is 10.3. The molecule has 4 heteroatoms. The van der Waals surface area contributed by atoms with Gasteiger partial charge in [0.05, 0.1) is 5.60 Å². The van der Waals surface area contributed by atoms with Gasteiger partial charge >= 0.3 is 0 Å². The van der Waals surface area contributed by atoms with Gasteiger partial charge in [0.2, 0.25) is 0 Å². The van der Waals surface area contributed by atoms with Gasteiger partial charge < -0.3 is 4.74 Å². The van der Waals surface area contributed by atoms with Crippen molar-refractivity contribution in [2.75, 3.05) is 12.4 Å². The fraction of sp³-hybridized carbons (Fsp3) is 0.647. The number of rotatable bonds is 3. The SMILES string of the molecule is NNC(C1CCOC2(CCC2)C1)C1CSc2ccccc21. The molecule has 2 fully saturated rings. The Hall–Kier alpha value is -0.550. The van der Waals surface area contributed by atoms with E-state index in [4.69, 9.17) is 10.6 Å². The Morgan fingerprint density at radius 1 is 1.33 bits per heavy atom. The fourth-order valence-electron chi connectivity index (χ4n) is 4.36. The lowest BCUT2D eigenvalue weighted by molar-refractivity contribution is -0.147. The lowest BCUT2D eigenvalue weighted by atomic mass is 9.68. The Labute approximate surface area is 131 Å². The molecule has 2 heterocycles. The standard InChI is InChI=1S/C17H24N2OS/c18-19-16(12-6-9-20-17(10-12)7-3-8-17)14-11-21-15-5-2-1-4-13(14)15/h1-2,4-5,12,14,16,19H,3,6-11,18H2. The number of fused-ring (bicyclic) bond motifs is 1. The van der Waals surface area contributed by atoms with Crippen LogP contribution < -0.4 is 11.3 Å². The molecular formula is C17H24N2OS. The molecule has 1 aliphatic carbocycles. The molecule has 1 saturated carbocycles. The Kier molecular flexibility index (Phi) is 3.74. The van der Waals surface area contributed by atoms with Crippen LogP contribution in [0.1, 0.15) is 43.6 Å². The number of benzene rings is 1. The molecular weight excluding hydrogens is 280 g/mol. The largest absolute Gasteiger partial charge is 0.375 e. The molecule has 0 aromatic heterocycles. The first-order valence-electron chi connectivity index (χ1n) is 8.13. The number of nitrogens with two attached hydrogens (primary N) is 1. The van der Waals surface area contributed by atoms with Crippen LogP contribution in [0.3, 0.4) is 0 Å². The van der Waals surface area contributed by atoms with Crippen LogP contribution >= 0.6 is 11.8 Å². The highest BCUT2D eigenvalue weighted by Crippen LogP contribution is 2.48. The predicted octanol–water partition coefficient (Wildman–Crippen LogP) is 3.06. The van der Waals surface area contributed by atoms with Crippen molar-refractivity contribution in [1.29, 1.82) is 0 Å². The summed E-state index contributed by atoms with van der Waals surface area (Å²) < 4.78 is 6.08. The van der Waals surface area contributed by atoms with Gasteiger partial charge in [0.15, 0.2) is 0 Å². The maximum absolute atomic E-state index is 6.08. The molecule has 1 aromatic carbocycles. The number of hydrazine groups is 1. The summed E-state index contributed by atoms with van der Waals surface area (Å²) in [6, 6.07) is 9.19. The van der Waals surface area contributed by atoms with Crippen LogP contribution in [-0.2, 0) is 4.74 Å². The van der Waals surface area contributed by atoms with E-state index in [1.165, 1.54) is 36.1 Å². The topological polar surface area (TPSA) is 47.3 Å². The van der Waals surface area contributed by atoms with Gasteiger partial charge in [-0.3, -0.25) is 11.3 Å². The van der Waals surface area contributed by atoms with Crippen molar-refractivity contribution in [3.8, 4) is 0 Å².